The number of carbonyl (C=O) groups excluding carboxylic acids is 2. The molecule has 2 heteroatoms. The van der Waals surface area contributed by atoms with E-state index in [1.165, 1.54) is 22.3 Å². The van der Waals surface area contributed by atoms with E-state index in [2.05, 4.69) is 24.3 Å². The molecule has 0 radical (unpaired) electrons. The highest BCUT2D eigenvalue weighted by atomic mass is 16.1. The zero-order valence-corrected chi connectivity index (χ0v) is 14.1. The largest absolute Gasteiger partial charge is 0.294 e. The van der Waals surface area contributed by atoms with Gasteiger partial charge in [-0.15, -0.1) is 0 Å². The normalized spacial score (nSPS) is 24.8. The zero-order chi connectivity index (χ0) is 17.0. The molecule has 0 heterocycles. The molecule has 0 amide bonds. The highest BCUT2D eigenvalue weighted by Gasteiger charge is 2.39. The van der Waals surface area contributed by atoms with Gasteiger partial charge in [0, 0.05) is 24.0 Å². The molecule has 3 aliphatic rings. The Labute approximate surface area is 147 Å². The minimum atomic E-state index is 0.127. The van der Waals surface area contributed by atoms with Gasteiger partial charge in [-0.2, -0.15) is 0 Å². The molecule has 0 N–H and O–H groups in total. The molecule has 0 saturated heterocycles. The van der Waals surface area contributed by atoms with Gasteiger partial charge in [-0.05, 0) is 42.2 Å². The lowest BCUT2D eigenvalue weighted by atomic mass is 9.80. The van der Waals surface area contributed by atoms with Crippen LogP contribution in [0.25, 0.3) is 0 Å². The van der Waals surface area contributed by atoms with Crippen molar-refractivity contribution in [1.29, 1.82) is 0 Å². The molecule has 2 bridgehead atoms. The summed E-state index contributed by atoms with van der Waals surface area (Å²) in [6.45, 7) is 0. The molecule has 2 unspecified atom stereocenters. The maximum absolute atomic E-state index is 12.9. The lowest BCUT2D eigenvalue weighted by Gasteiger charge is -2.24. The summed E-state index contributed by atoms with van der Waals surface area (Å²) in [5.74, 6) is 0.865. The number of allylic oxidation sites excluding steroid dienone is 2. The fourth-order valence-corrected chi connectivity index (χ4v) is 5.03. The predicted octanol–water partition coefficient (Wildman–Crippen LogP) is 4.58. The second-order valence-corrected chi connectivity index (χ2v) is 7.60. The fraction of sp³-hybridized carbons (Fsp3) is 0.304. The van der Waals surface area contributed by atoms with Crippen molar-refractivity contribution in [3.05, 3.63) is 81.9 Å². The van der Waals surface area contributed by atoms with E-state index in [0.717, 1.165) is 19.3 Å². The molecule has 25 heavy (non-hydrogen) atoms. The molecule has 3 aliphatic carbocycles. The van der Waals surface area contributed by atoms with E-state index in [9.17, 15) is 9.59 Å². The van der Waals surface area contributed by atoms with Crippen molar-refractivity contribution in [2.45, 2.75) is 32.1 Å². The SMILES string of the molecule is O=C1CC2CC(CC(=O)c3ccccc31)C1=C2Cc2ccccc2C1. The first-order valence-corrected chi connectivity index (χ1v) is 9.14. The van der Waals surface area contributed by atoms with Crippen molar-refractivity contribution in [2.24, 2.45) is 11.8 Å². The quantitative estimate of drug-likeness (QED) is 0.664. The smallest absolute Gasteiger partial charge is 0.164 e. The molecular weight excluding hydrogens is 308 g/mol. The van der Waals surface area contributed by atoms with Crippen molar-refractivity contribution < 1.29 is 9.59 Å². The average molecular weight is 328 g/mol. The number of carbonyl (C=O) groups is 2. The van der Waals surface area contributed by atoms with E-state index in [4.69, 9.17) is 0 Å². The van der Waals surface area contributed by atoms with Crippen molar-refractivity contribution in [1.82, 2.24) is 0 Å². The van der Waals surface area contributed by atoms with Crippen LogP contribution in [0.1, 0.15) is 51.1 Å². The first-order chi connectivity index (χ1) is 12.2. The fourth-order valence-electron chi connectivity index (χ4n) is 5.03. The summed E-state index contributed by atoms with van der Waals surface area (Å²) >= 11 is 0. The summed E-state index contributed by atoms with van der Waals surface area (Å²) in [7, 11) is 0. The van der Waals surface area contributed by atoms with Gasteiger partial charge in [0.15, 0.2) is 11.6 Å². The van der Waals surface area contributed by atoms with Crippen molar-refractivity contribution in [2.75, 3.05) is 0 Å². The van der Waals surface area contributed by atoms with Gasteiger partial charge in [0.25, 0.3) is 0 Å². The van der Waals surface area contributed by atoms with Crippen LogP contribution in [0.3, 0.4) is 0 Å². The van der Waals surface area contributed by atoms with Gasteiger partial charge in [-0.3, -0.25) is 9.59 Å². The number of ketones is 2. The summed E-state index contributed by atoms with van der Waals surface area (Å²) in [5.41, 5.74) is 6.93. The van der Waals surface area contributed by atoms with Crippen LogP contribution in [0.2, 0.25) is 0 Å². The molecule has 2 nitrogen and oxygen atoms in total. The average Bonchev–Trinajstić information content (AvgIpc) is 2.97. The van der Waals surface area contributed by atoms with E-state index in [-0.39, 0.29) is 11.6 Å². The number of benzene rings is 2. The molecule has 0 aromatic heterocycles. The monoisotopic (exact) mass is 328 g/mol. The highest BCUT2D eigenvalue weighted by Crippen LogP contribution is 2.47. The van der Waals surface area contributed by atoms with Crippen molar-refractivity contribution in [3.63, 3.8) is 0 Å². The Kier molecular flexibility index (Phi) is 3.27. The molecule has 2 atom stereocenters. The Balaban J connectivity index is 1.58. The summed E-state index contributed by atoms with van der Waals surface area (Å²) in [6.07, 6.45) is 3.96. The van der Waals surface area contributed by atoms with Gasteiger partial charge >= 0.3 is 0 Å². The molecule has 0 saturated carbocycles. The van der Waals surface area contributed by atoms with Crippen molar-refractivity contribution >= 4 is 11.6 Å². The van der Waals surface area contributed by atoms with Gasteiger partial charge < -0.3 is 0 Å². The second kappa shape index (κ2) is 5.52. The van der Waals surface area contributed by atoms with Crippen LogP contribution in [-0.4, -0.2) is 11.6 Å². The number of hydrogen-bond acceptors (Lipinski definition) is 2. The maximum atomic E-state index is 12.9. The minimum absolute atomic E-state index is 0.127. The molecule has 0 aliphatic heterocycles. The third-order valence-electron chi connectivity index (χ3n) is 6.24. The Morgan fingerprint density at radius 2 is 1.08 bits per heavy atom. The Hall–Kier alpha value is -2.48. The third kappa shape index (κ3) is 2.31. The van der Waals surface area contributed by atoms with Crippen molar-refractivity contribution in [3.8, 4) is 0 Å². The number of Topliss-reactive ketones (excluding diaryl/α,β-unsaturated/α-hetero) is 2. The third-order valence-corrected chi connectivity index (χ3v) is 6.24. The van der Waals surface area contributed by atoms with Crippen LogP contribution in [0.4, 0.5) is 0 Å². The lowest BCUT2D eigenvalue weighted by molar-refractivity contribution is 0.0946. The van der Waals surface area contributed by atoms with Crippen LogP contribution in [0.15, 0.2) is 59.7 Å². The van der Waals surface area contributed by atoms with E-state index in [1.54, 1.807) is 0 Å². The first-order valence-electron chi connectivity index (χ1n) is 9.14. The van der Waals surface area contributed by atoms with E-state index < -0.39 is 0 Å². The van der Waals surface area contributed by atoms with E-state index in [0.29, 0.717) is 35.8 Å². The summed E-state index contributed by atoms with van der Waals surface area (Å²) in [5, 5.41) is 0. The molecule has 2 aromatic carbocycles. The molecular formula is C23H20O2. The van der Waals surface area contributed by atoms with Crippen LogP contribution < -0.4 is 0 Å². The van der Waals surface area contributed by atoms with Gasteiger partial charge in [0.2, 0.25) is 0 Å². The predicted molar refractivity (Wildman–Crippen MR) is 96.8 cm³/mol. The minimum Gasteiger partial charge on any atom is -0.294 e. The Morgan fingerprint density at radius 1 is 0.640 bits per heavy atom. The highest BCUT2D eigenvalue weighted by molar-refractivity contribution is 6.09. The van der Waals surface area contributed by atoms with Gasteiger partial charge in [0.05, 0.1) is 0 Å². The van der Waals surface area contributed by atoms with Crippen LogP contribution in [0, 0.1) is 11.8 Å². The standard InChI is InChI=1S/C23H20O2/c24-22-12-16-9-17(13-23(25)19-8-4-3-7-18(19)22)21-11-15-6-2-1-5-14(15)10-20(16)21/h1-8,16-17H,9-13H2. The lowest BCUT2D eigenvalue weighted by Crippen LogP contribution is -2.17. The van der Waals surface area contributed by atoms with E-state index in [1.807, 2.05) is 24.3 Å². The van der Waals surface area contributed by atoms with Gasteiger partial charge in [-0.1, -0.05) is 59.7 Å². The molecule has 0 fully saturated rings. The summed E-state index contributed by atoms with van der Waals surface area (Å²) in [6, 6.07) is 16.0. The second-order valence-electron chi connectivity index (χ2n) is 7.60. The summed E-state index contributed by atoms with van der Waals surface area (Å²) in [4.78, 5) is 25.8. The Morgan fingerprint density at radius 3 is 1.56 bits per heavy atom. The van der Waals surface area contributed by atoms with E-state index >= 15 is 0 Å². The molecule has 2 aromatic rings. The zero-order valence-electron chi connectivity index (χ0n) is 14.1. The number of hydrogen-bond donors (Lipinski definition) is 0. The maximum Gasteiger partial charge on any atom is 0.164 e. The molecule has 0 spiro atoms. The first kappa shape index (κ1) is 14.8. The number of rotatable bonds is 0. The molecule has 5 rings (SSSR count). The van der Waals surface area contributed by atoms with Gasteiger partial charge in [-0.25, -0.2) is 0 Å². The van der Waals surface area contributed by atoms with Crippen LogP contribution >= 0.6 is 0 Å². The van der Waals surface area contributed by atoms with Gasteiger partial charge in [0.1, 0.15) is 0 Å². The topological polar surface area (TPSA) is 34.1 Å². The molecule has 124 valence electrons. The van der Waals surface area contributed by atoms with Crippen LogP contribution in [0.5, 0.6) is 0 Å². The summed E-state index contributed by atoms with van der Waals surface area (Å²) < 4.78 is 0. The Bertz CT molecular complexity index is 861. The van der Waals surface area contributed by atoms with Crippen LogP contribution in [-0.2, 0) is 12.8 Å². The number of fused-ring (bicyclic) bond motifs is 6.